The van der Waals surface area contributed by atoms with Crippen LogP contribution in [-0.4, -0.2) is 53.1 Å². The first-order valence-electron chi connectivity index (χ1n) is 8.16. The standard InChI is InChI=1S/C17H23F3N2O2/c1-3-14-11-22(10-9-21(14)4-2)15(16(23)24)12-5-7-13(8-6-12)17(18,19)20/h5-8,14-15H,3-4,9-11H2,1-2H3,(H,23,24). The molecule has 0 radical (unpaired) electrons. The zero-order chi connectivity index (χ0) is 17.9. The highest BCUT2D eigenvalue weighted by Crippen LogP contribution is 2.31. The lowest BCUT2D eigenvalue weighted by molar-refractivity contribution is -0.145. The van der Waals surface area contributed by atoms with Crippen LogP contribution in [0.4, 0.5) is 13.2 Å². The van der Waals surface area contributed by atoms with Gasteiger partial charge in [-0.1, -0.05) is 26.0 Å². The molecule has 1 fully saturated rings. The normalized spacial score (nSPS) is 21.6. The minimum absolute atomic E-state index is 0.264. The van der Waals surface area contributed by atoms with E-state index in [-0.39, 0.29) is 6.04 Å². The van der Waals surface area contributed by atoms with E-state index < -0.39 is 23.8 Å². The number of halogens is 3. The van der Waals surface area contributed by atoms with Gasteiger partial charge in [-0.25, -0.2) is 0 Å². The first-order valence-corrected chi connectivity index (χ1v) is 8.16. The molecule has 0 amide bonds. The van der Waals surface area contributed by atoms with Gasteiger partial charge in [0.05, 0.1) is 5.56 Å². The van der Waals surface area contributed by atoms with Crippen LogP contribution >= 0.6 is 0 Å². The molecule has 134 valence electrons. The summed E-state index contributed by atoms with van der Waals surface area (Å²) in [4.78, 5) is 15.9. The molecule has 0 spiro atoms. The number of aliphatic carboxylic acids is 1. The number of benzene rings is 1. The van der Waals surface area contributed by atoms with Crippen molar-refractivity contribution < 1.29 is 23.1 Å². The summed E-state index contributed by atoms with van der Waals surface area (Å²) in [6.07, 6.45) is -3.51. The van der Waals surface area contributed by atoms with Crippen LogP contribution in [-0.2, 0) is 11.0 Å². The minimum atomic E-state index is -4.42. The van der Waals surface area contributed by atoms with Crippen molar-refractivity contribution in [1.82, 2.24) is 9.80 Å². The summed E-state index contributed by atoms with van der Waals surface area (Å²) < 4.78 is 38.0. The summed E-state index contributed by atoms with van der Waals surface area (Å²) in [5, 5.41) is 9.61. The van der Waals surface area contributed by atoms with Crippen molar-refractivity contribution in [2.75, 3.05) is 26.2 Å². The fraction of sp³-hybridized carbons (Fsp3) is 0.588. The average Bonchev–Trinajstić information content (AvgIpc) is 2.54. The molecule has 1 aromatic carbocycles. The second-order valence-electron chi connectivity index (χ2n) is 6.05. The van der Waals surface area contributed by atoms with Crippen molar-refractivity contribution >= 4 is 5.97 Å². The molecule has 24 heavy (non-hydrogen) atoms. The molecule has 1 aliphatic rings. The van der Waals surface area contributed by atoms with E-state index in [0.29, 0.717) is 18.7 Å². The number of nitrogens with zero attached hydrogens (tertiary/aromatic N) is 2. The fourth-order valence-electron chi connectivity index (χ4n) is 3.32. The Bertz CT molecular complexity index is 560. The van der Waals surface area contributed by atoms with E-state index in [1.165, 1.54) is 12.1 Å². The van der Waals surface area contributed by atoms with Gasteiger partial charge in [0.25, 0.3) is 0 Å². The maximum absolute atomic E-state index is 12.7. The number of piperazine rings is 1. The Balaban J connectivity index is 2.22. The van der Waals surface area contributed by atoms with Crippen LogP contribution in [0.1, 0.15) is 37.4 Å². The lowest BCUT2D eigenvalue weighted by Crippen LogP contribution is -2.54. The van der Waals surface area contributed by atoms with Crippen LogP contribution in [0.3, 0.4) is 0 Å². The topological polar surface area (TPSA) is 43.8 Å². The Morgan fingerprint density at radius 2 is 1.88 bits per heavy atom. The molecular weight excluding hydrogens is 321 g/mol. The molecule has 0 bridgehead atoms. The summed E-state index contributed by atoms with van der Waals surface area (Å²) in [5.74, 6) is -1.03. The number of alkyl halides is 3. The van der Waals surface area contributed by atoms with Crippen LogP contribution in [0, 0.1) is 0 Å². The van der Waals surface area contributed by atoms with Crippen LogP contribution in [0.5, 0.6) is 0 Å². The quantitative estimate of drug-likeness (QED) is 0.891. The van der Waals surface area contributed by atoms with E-state index in [1.807, 2.05) is 4.90 Å². The summed E-state index contributed by atoms with van der Waals surface area (Å²) in [5.41, 5.74) is -0.382. The van der Waals surface area contributed by atoms with Gasteiger partial charge in [-0.15, -0.1) is 0 Å². The van der Waals surface area contributed by atoms with Gasteiger partial charge in [-0.05, 0) is 30.7 Å². The third-order valence-corrected chi connectivity index (χ3v) is 4.67. The van der Waals surface area contributed by atoms with E-state index >= 15 is 0 Å². The highest BCUT2D eigenvalue weighted by molar-refractivity contribution is 5.75. The molecule has 2 unspecified atom stereocenters. The highest BCUT2D eigenvalue weighted by Gasteiger charge is 2.35. The van der Waals surface area contributed by atoms with E-state index in [1.54, 1.807) is 0 Å². The van der Waals surface area contributed by atoms with E-state index in [9.17, 15) is 23.1 Å². The first-order chi connectivity index (χ1) is 11.3. The highest BCUT2D eigenvalue weighted by atomic mass is 19.4. The Kier molecular flexibility index (Phi) is 5.87. The van der Waals surface area contributed by atoms with E-state index in [4.69, 9.17) is 0 Å². The average molecular weight is 344 g/mol. The molecule has 0 saturated carbocycles. The number of carboxylic acid groups (broad SMARTS) is 1. The zero-order valence-electron chi connectivity index (χ0n) is 13.9. The summed E-state index contributed by atoms with van der Waals surface area (Å²) in [7, 11) is 0. The molecule has 1 saturated heterocycles. The number of carbonyl (C=O) groups is 1. The predicted octanol–water partition coefficient (Wildman–Crippen LogP) is 3.25. The van der Waals surface area contributed by atoms with Gasteiger partial charge in [0, 0.05) is 25.7 Å². The molecule has 1 N–H and O–H groups in total. The molecule has 1 aromatic rings. The number of likely N-dealkylation sites (N-methyl/N-ethyl adjacent to an activating group) is 1. The Hall–Kier alpha value is -1.60. The zero-order valence-corrected chi connectivity index (χ0v) is 13.9. The lowest BCUT2D eigenvalue weighted by atomic mass is 10.00. The van der Waals surface area contributed by atoms with Gasteiger partial charge in [0.2, 0.25) is 0 Å². The molecule has 0 aromatic heterocycles. The maximum Gasteiger partial charge on any atom is 0.416 e. The van der Waals surface area contributed by atoms with Gasteiger partial charge >= 0.3 is 12.1 Å². The van der Waals surface area contributed by atoms with Crippen LogP contribution in [0.2, 0.25) is 0 Å². The van der Waals surface area contributed by atoms with Crippen LogP contribution in [0.25, 0.3) is 0 Å². The van der Waals surface area contributed by atoms with Gasteiger partial charge in [0.15, 0.2) is 0 Å². The number of carboxylic acids is 1. The second-order valence-corrected chi connectivity index (χ2v) is 6.05. The minimum Gasteiger partial charge on any atom is -0.480 e. The molecule has 2 atom stereocenters. The lowest BCUT2D eigenvalue weighted by Gasteiger charge is -2.43. The molecular formula is C17H23F3N2O2. The van der Waals surface area contributed by atoms with Crippen LogP contribution in [0.15, 0.2) is 24.3 Å². The monoisotopic (exact) mass is 344 g/mol. The van der Waals surface area contributed by atoms with Gasteiger partial charge in [-0.2, -0.15) is 13.2 Å². The number of hydrogen-bond donors (Lipinski definition) is 1. The van der Waals surface area contributed by atoms with E-state index in [0.717, 1.165) is 31.6 Å². The van der Waals surface area contributed by atoms with Crippen molar-refractivity contribution in [3.8, 4) is 0 Å². The van der Waals surface area contributed by atoms with Gasteiger partial charge in [-0.3, -0.25) is 14.6 Å². The largest absolute Gasteiger partial charge is 0.480 e. The first kappa shape index (κ1) is 18.7. The van der Waals surface area contributed by atoms with Crippen molar-refractivity contribution in [1.29, 1.82) is 0 Å². The van der Waals surface area contributed by atoms with Crippen molar-refractivity contribution in [3.63, 3.8) is 0 Å². The predicted molar refractivity (Wildman–Crippen MR) is 84.7 cm³/mol. The van der Waals surface area contributed by atoms with Crippen LogP contribution < -0.4 is 0 Å². The fourth-order valence-corrected chi connectivity index (χ4v) is 3.32. The molecule has 0 aliphatic carbocycles. The molecule has 4 nitrogen and oxygen atoms in total. The van der Waals surface area contributed by atoms with Gasteiger partial charge in [0.1, 0.15) is 6.04 Å². The summed E-state index contributed by atoms with van der Waals surface area (Å²) in [6.45, 7) is 6.99. The molecule has 7 heteroatoms. The third-order valence-electron chi connectivity index (χ3n) is 4.67. The Labute approximate surface area is 139 Å². The molecule has 1 heterocycles. The van der Waals surface area contributed by atoms with Crippen molar-refractivity contribution in [2.24, 2.45) is 0 Å². The molecule has 1 aliphatic heterocycles. The second kappa shape index (κ2) is 7.53. The smallest absolute Gasteiger partial charge is 0.416 e. The number of hydrogen-bond acceptors (Lipinski definition) is 3. The Morgan fingerprint density at radius 3 is 2.33 bits per heavy atom. The third kappa shape index (κ3) is 4.08. The molecule has 2 rings (SSSR count). The summed E-state index contributed by atoms with van der Waals surface area (Å²) >= 11 is 0. The Morgan fingerprint density at radius 1 is 1.25 bits per heavy atom. The van der Waals surface area contributed by atoms with Crippen molar-refractivity contribution in [2.45, 2.75) is 38.5 Å². The van der Waals surface area contributed by atoms with Crippen molar-refractivity contribution in [3.05, 3.63) is 35.4 Å². The summed E-state index contributed by atoms with van der Waals surface area (Å²) in [6, 6.07) is 3.79. The maximum atomic E-state index is 12.7. The van der Waals surface area contributed by atoms with E-state index in [2.05, 4.69) is 18.7 Å². The SMILES string of the molecule is CCC1CN(C(C(=O)O)c2ccc(C(F)(F)F)cc2)CCN1CC. The van der Waals surface area contributed by atoms with Gasteiger partial charge < -0.3 is 5.11 Å². The number of rotatable bonds is 5.